The van der Waals surface area contributed by atoms with Gasteiger partial charge in [-0.15, -0.1) is 0 Å². The van der Waals surface area contributed by atoms with Gasteiger partial charge in [-0.05, 0) is 69.3 Å². The summed E-state index contributed by atoms with van der Waals surface area (Å²) in [5.74, 6) is 0.336. The SMILES string of the molecule is Cc1ccc(S(=O)(=O)NC2CCN(CC3CCCCC3)CC2)cc1F. The summed E-state index contributed by atoms with van der Waals surface area (Å²) < 4.78 is 41.4. The van der Waals surface area contributed by atoms with Crippen LogP contribution >= 0.6 is 0 Å². The zero-order chi connectivity index (χ0) is 17.9. The van der Waals surface area contributed by atoms with E-state index in [0.29, 0.717) is 5.56 Å². The van der Waals surface area contributed by atoms with E-state index in [2.05, 4.69) is 9.62 Å². The molecule has 0 aromatic heterocycles. The van der Waals surface area contributed by atoms with Gasteiger partial charge in [-0.25, -0.2) is 17.5 Å². The topological polar surface area (TPSA) is 49.4 Å². The molecule has 1 aromatic rings. The molecule has 0 radical (unpaired) electrons. The second-order valence-corrected chi connectivity index (χ2v) is 9.33. The Bertz CT molecular complexity index is 679. The zero-order valence-corrected chi connectivity index (χ0v) is 15.8. The molecule has 3 rings (SSSR count). The van der Waals surface area contributed by atoms with Gasteiger partial charge >= 0.3 is 0 Å². The fourth-order valence-corrected chi connectivity index (χ4v) is 5.31. The van der Waals surface area contributed by atoms with Crippen LogP contribution in [0.25, 0.3) is 0 Å². The highest BCUT2D eigenvalue weighted by Gasteiger charge is 2.26. The first-order valence-corrected chi connectivity index (χ1v) is 10.9. The Labute approximate surface area is 150 Å². The largest absolute Gasteiger partial charge is 0.303 e. The minimum absolute atomic E-state index is 0.0141. The van der Waals surface area contributed by atoms with Crippen molar-refractivity contribution >= 4 is 10.0 Å². The maximum atomic E-state index is 13.7. The number of sulfonamides is 1. The maximum absolute atomic E-state index is 13.7. The van der Waals surface area contributed by atoms with Crippen LogP contribution < -0.4 is 4.72 Å². The number of nitrogens with one attached hydrogen (secondary N) is 1. The molecule has 2 aliphatic rings. The third kappa shape index (κ3) is 5.02. The Morgan fingerprint density at radius 1 is 1.12 bits per heavy atom. The number of nitrogens with zero attached hydrogens (tertiary/aromatic N) is 1. The molecule has 0 bridgehead atoms. The minimum Gasteiger partial charge on any atom is -0.303 e. The molecule has 0 atom stereocenters. The van der Waals surface area contributed by atoms with Crippen LogP contribution in [-0.2, 0) is 10.0 Å². The maximum Gasteiger partial charge on any atom is 0.240 e. The summed E-state index contributed by atoms with van der Waals surface area (Å²) in [5, 5.41) is 0. The summed E-state index contributed by atoms with van der Waals surface area (Å²) in [5.41, 5.74) is 0.454. The van der Waals surface area contributed by atoms with Gasteiger partial charge in [0.25, 0.3) is 0 Å². The first-order chi connectivity index (χ1) is 11.9. The quantitative estimate of drug-likeness (QED) is 0.866. The Morgan fingerprint density at radius 2 is 1.80 bits per heavy atom. The molecule has 6 heteroatoms. The second-order valence-electron chi connectivity index (χ2n) is 7.61. The molecule has 1 heterocycles. The number of aryl methyl sites for hydroxylation is 1. The van der Waals surface area contributed by atoms with Gasteiger partial charge in [-0.3, -0.25) is 0 Å². The molecular weight excluding hydrogens is 339 g/mol. The normalized spacial score (nSPS) is 21.5. The van der Waals surface area contributed by atoms with Crippen LogP contribution in [-0.4, -0.2) is 39.0 Å². The van der Waals surface area contributed by atoms with E-state index in [1.165, 1.54) is 44.2 Å². The molecule has 1 aliphatic carbocycles. The van der Waals surface area contributed by atoms with E-state index in [9.17, 15) is 12.8 Å². The predicted molar refractivity (Wildman–Crippen MR) is 97.5 cm³/mol. The molecule has 1 N–H and O–H groups in total. The molecule has 4 nitrogen and oxygen atoms in total. The zero-order valence-electron chi connectivity index (χ0n) is 15.0. The Kier molecular flexibility index (Phi) is 6.12. The van der Waals surface area contributed by atoms with E-state index < -0.39 is 15.8 Å². The summed E-state index contributed by atoms with van der Waals surface area (Å²) in [6, 6.07) is 4.03. The average Bonchev–Trinajstić information content (AvgIpc) is 2.60. The van der Waals surface area contributed by atoms with Crippen LogP contribution in [0.3, 0.4) is 0 Å². The first-order valence-electron chi connectivity index (χ1n) is 9.45. The van der Waals surface area contributed by atoms with E-state index in [1.807, 2.05) is 0 Å². The lowest BCUT2D eigenvalue weighted by atomic mass is 9.88. The van der Waals surface area contributed by atoms with Crippen molar-refractivity contribution in [1.29, 1.82) is 0 Å². The summed E-state index contributed by atoms with van der Waals surface area (Å²) in [7, 11) is -3.65. The van der Waals surface area contributed by atoms with Crippen molar-refractivity contribution < 1.29 is 12.8 Å². The van der Waals surface area contributed by atoms with Crippen molar-refractivity contribution in [3.63, 3.8) is 0 Å². The third-order valence-corrected chi connectivity index (χ3v) is 7.12. The molecule has 1 saturated carbocycles. The molecule has 1 aromatic carbocycles. The van der Waals surface area contributed by atoms with Crippen LogP contribution in [0.5, 0.6) is 0 Å². The molecule has 0 spiro atoms. The lowest BCUT2D eigenvalue weighted by Crippen LogP contribution is -2.45. The fraction of sp³-hybridized carbons (Fsp3) is 0.684. The van der Waals surface area contributed by atoms with Gasteiger partial charge < -0.3 is 4.90 Å². The van der Waals surface area contributed by atoms with Crippen molar-refractivity contribution in [3.8, 4) is 0 Å². The van der Waals surface area contributed by atoms with Gasteiger partial charge in [0.05, 0.1) is 4.90 Å². The Hall–Kier alpha value is -0.980. The van der Waals surface area contributed by atoms with Gasteiger partial charge in [0, 0.05) is 12.6 Å². The van der Waals surface area contributed by atoms with E-state index >= 15 is 0 Å². The lowest BCUT2D eigenvalue weighted by molar-refractivity contribution is 0.161. The first kappa shape index (κ1) is 18.8. The Morgan fingerprint density at radius 3 is 2.44 bits per heavy atom. The van der Waals surface area contributed by atoms with Crippen molar-refractivity contribution in [2.75, 3.05) is 19.6 Å². The molecule has 1 saturated heterocycles. The van der Waals surface area contributed by atoms with Gasteiger partial charge in [-0.1, -0.05) is 25.3 Å². The monoisotopic (exact) mass is 368 g/mol. The van der Waals surface area contributed by atoms with E-state index in [1.54, 1.807) is 6.92 Å². The van der Waals surface area contributed by atoms with Crippen LogP contribution in [0.15, 0.2) is 23.1 Å². The number of halogens is 1. The van der Waals surface area contributed by atoms with Crippen molar-refractivity contribution in [3.05, 3.63) is 29.6 Å². The van der Waals surface area contributed by atoms with E-state index in [4.69, 9.17) is 0 Å². The summed E-state index contributed by atoms with van der Waals surface area (Å²) in [6.07, 6.45) is 8.40. The van der Waals surface area contributed by atoms with E-state index in [0.717, 1.165) is 44.5 Å². The van der Waals surface area contributed by atoms with Crippen molar-refractivity contribution in [2.45, 2.75) is 62.8 Å². The van der Waals surface area contributed by atoms with Crippen LogP contribution in [0.2, 0.25) is 0 Å². The van der Waals surface area contributed by atoms with Crippen LogP contribution in [0, 0.1) is 18.7 Å². The second kappa shape index (κ2) is 8.14. The number of rotatable bonds is 5. The molecule has 2 fully saturated rings. The summed E-state index contributed by atoms with van der Waals surface area (Å²) >= 11 is 0. The highest BCUT2D eigenvalue weighted by Crippen LogP contribution is 2.26. The number of benzene rings is 1. The third-order valence-electron chi connectivity index (χ3n) is 5.60. The summed E-state index contributed by atoms with van der Waals surface area (Å²) in [6.45, 7) is 4.65. The summed E-state index contributed by atoms with van der Waals surface area (Å²) in [4.78, 5) is 2.49. The smallest absolute Gasteiger partial charge is 0.240 e. The molecule has 1 aliphatic heterocycles. The van der Waals surface area contributed by atoms with Gasteiger partial charge in [0.1, 0.15) is 5.82 Å². The number of likely N-dealkylation sites (tertiary alicyclic amines) is 1. The number of piperidine rings is 1. The van der Waals surface area contributed by atoms with Gasteiger partial charge in [0.2, 0.25) is 10.0 Å². The molecule has 140 valence electrons. The average molecular weight is 369 g/mol. The van der Waals surface area contributed by atoms with Crippen LogP contribution in [0.4, 0.5) is 4.39 Å². The highest BCUT2D eigenvalue weighted by atomic mass is 32.2. The fourth-order valence-electron chi connectivity index (χ4n) is 4.00. The lowest BCUT2D eigenvalue weighted by Gasteiger charge is -2.35. The van der Waals surface area contributed by atoms with Crippen molar-refractivity contribution in [1.82, 2.24) is 9.62 Å². The molecule has 0 amide bonds. The van der Waals surface area contributed by atoms with Crippen molar-refractivity contribution in [2.24, 2.45) is 5.92 Å². The minimum atomic E-state index is -3.65. The number of hydrogen-bond donors (Lipinski definition) is 1. The Balaban J connectivity index is 1.51. The molecular formula is C19H29FN2O2S. The van der Waals surface area contributed by atoms with Gasteiger partial charge in [-0.2, -0.15) is 0 Å². The number of hydrogen-bond acceptors (Lipinski definition) is 3. The van der Waals surface area contributed by atoms with Gasteiger partial charge in [0.15, 0.2) is 0 Å². The highest BCUT2D eigenvalue weighted by molar-refractivity contribution is 7.89. The van der Waals surface area contributed by atoms with Crippen LogP contribution in [0.1, 0.15) is 50.5 Å². The molecule has 25 heavy (non-hydrogen) atoms. The standard InChI is InChI=1S/C19H29FN2O2S/c1-15-7-8-18(13-19(15)20)25(23,24)21-17-9-11-22(12-10-17)14-16-5-3-2-4-6-16/h7-8,13,16-17,21H,2-6,9-12,14H2,1H3. The van der Waals surface area contributed by atoms with E-state index in [-0.39, 0.29) is 10.9 Å². The predicted octanol–water partition coefficient (Wildman–Crippen LogP) is 3.46. The molecule has 0 unspecified atom stereocenters.